The molecule has 5 heteroatoms. The standard InChI is InChI=1S/C21H15ClN2O2/c1-23-18-8-5-15(6-9-18)11-21(25)16-3-2-4-20(12-16)26-14-19-10-7-17(22)13-24-19/h2-10,12-13H,11,14H2. The van der Waals surface area contributed by atoms with Crippen LogP contribution < -0.4 is 4.74 Å². The van der Waals surface area contributed by atoms with Crippen LogP contribution in [0, 0.1) is 6.57 Å². The molecule has 0 saturated heterocycles. The lowest BCUT2D eigenvalue weighted by Gasteiger charge is -2.08. The molecule has 3 aromatic rings. The van der Waals surface area contributed by atoms with Crippen LogP contribution in [0.1, 0.15) is 21.6 Å². The highest BCUT2D eigenvalue weighted by molar-refractivity contribution is 6.30. The van der Waals surface area contributed by atoms with Crippen LogP contribution >= 0.6 is 11.6 Å². The van der Waals surface area contributed by atoms with Gasteiger partial charge in [0.1, 0.15) is 12.4 Å². The number of hydrogen-bond acceptors (Lipinski definition) is 3. The summed E-state index contributed by atoms with van der Waals surface area (Å²) in [7, 11) is 0. The van der Waals surface area contributed by atoms with Gasteiger partial charge in [0, 0.05) is 18.2 Å². The van der Waals surface area contributed by atoms with Gasteiger partial charge in [-0.05, 0) is 29.8 Å². The number of pyridine rings is 1. The van der Waals surface area contributed by atoms with Gasteiger partial charge in [-0.2, -0.15) is 0 Å². The van der Waals surface area contributed by atoms with Crippen LogP contribution in [-0.2, 0) is 13.0 Å². The first-order valence-electron chi connectivity index (χ1n) is 7.97. The lowest BCUT2D eigenvalue weighted by Crippen LogP contribution is -2.04. The van der Waals surface area contributed by atoms with Crippen LogP contribution in [0.5, 0.6) is 5.75 Å². The van der Waals surface area contributed by atoms with Crippen molar-refractivity contribution in [1.29, 1.82) is 0 Å². The van der Waals surface area contributed by atoms with Gasteiger partial charge >= 0.3 is 0 Å². The lowest BCUT2D eigenvalue weighted by atomic mass is 10.0. The minimum Gasteiger partial charge on any atom is -0.487 e. The molecule has 26 heavy (non-hydrogen) atoms. The fourth-order valence-electron chi connectivity index (χ4n) is 2.38. The van der Waals surface area contributed by atoms with Crippen molar-refractivity contribution in [2.75, 3.05) is 0 Å². The molecule has 0 N–H and O–H groups in total. The van der Waals surface area contributed by atoms with Gasteiger partial charge in [0.05, 0.1) is 17.3 Å². The highest BCUT2D eigenvalue weighted by Gasteiger charge is 2.09. The Morgan fingerprint density at radius 3 is 2.62 bits per heavy atom. The second-order valence-corrected chi connectivity index (χ2v) is 6.10. The summed E-state index contributed by atoms with van der Waals surface area (Å²) in [5.41, 5.74) is 2.78. The monoisotopic (exact) mass is 362 g/mol. The molecule has 0 aliphatic rings. The van der Waals surface area contributed by atoms with Crippen molar-refractivity contribution in [3.63, 3.8) is 0 Å². The van der Waals surface area contributed by atoms with Crippen molar-refractivity contribution >= 4 is 23.1 Å². The maximum Gasteiger partial charge on any atom is 0.187 e. The Morgan fingerprint density at radius 1 is 1.12 bits per heavy atom. The number of benzene rings is 2. The molecule has 128 valence electrons. The van der Waals surface area contributed by atoms with E-state index in [1.165, 1.54) is 0 Å². The van der Waals surface area contributed by atoms with Gasteiger partial charge in [0.15, 0.2) is 11.5 Å². The second kappa shape index (κ2) is 8.28. The van der Waals surface area contributed by atoms with Crippen LogP contribution in [0.3, 0.4) is 0 Å². The van der Waals surface area contributed by atoms with Crippen molar-refractivity contribution < 1.29 is 9.53 Å². The molecule has 0 aliphatic carbocycles. The summed E-state index contributed by atoms with van der Waals surface area (Å²) in [5.74, 6) is 0.603. The van der Waals surface area contributed by atoms with Crippen molar-refractivity contribution in [1.82, 2.24) is 4.98 Å². The molecule has 0 radical (unpaired) electrons. The van der Waals surface area contributed by atoms with Gasteiger partial charge in [-0.15, -0.1) is 0 Å². The largest absolute Gasteiger partial charge is 0.487 e. The number of ether oxygens (including phenoxy) is 1. The first kappa shape index (κ1) is 17.7. The van der Waals surface area contributed by atoms with Crippen LogP contribution in [0.2, 0.25) is 5.02 Å². The van der Waals surface area contributed by atoms with E-state index in [-0.39, 0.29) is 12.2 Å². The van der Waals surface area contributed by atoms with Gasteiger partial charge in [-0.3, -0.25) is 9.78 Å². The molecule has 0 fully saturated rings. The Kier molecular flexibility index (Phi) is 5.62. The highest BCUT2D eigenvalue weighted by atomic mass is 35.5. The van der Waals surface area contributed by atoms with Gasteiger partial charge in [-0.1, -0.05) is 48.0 Å². The molecule has 0 saturated carbocycles. The predicted molar refractivity (Wildman–Crippen MR) is 101 cm³/mol. The van der Waals surface area contributed by atoms with Crippen molar-refractivity contribution in [2.45, 2.75) is 13.0 Å². The van der Waals surface area contributed by atoms with E-state index >= 15 is 0 Å². The van der Waals surface area contributed by atoms with Crippen LogP contribution in [0.15, 0.2) is 66.9 Å². The van der Waals surface area contributed by atoms with Crippen LogP contribution in [-0.4, -0.2) is 10.8 Å². The molecule has 0 atom stereocenters. The minimum absolute atomic E-state index is 0.00405. The maximum absolute atomic E-state index is 12.5. The molecule has 1 aromatic heterocycles. The normalized spacial score (nSPS) is 10.2. The average Bonchev–Trinajstić information content (AvgIpc) is 2.68. The Balaban J connectivity index is 1.64. The summed E-state index contributed by atoms with van der Waals surface area (Å²) < 4.78 is 5.71. The number of hydrogen-bond donors (Lipinski definition) is 0. The molecular weight excluding hydrogens is 348 g/mol. The molecule has 1 heterocycles. The number of aromatic nitrogens is 1. The van der Waals surface area contributed by atoms with Gasteiger partial charge in [0.2, 0.25) is 0 Å². The van der Waals surface area contributed by atoms with E-state index in [2.05, 4.69) is 9.83 Å². The Labute approximate surface area is 156 Å². The molecule has 0 bridgehead atoms. The number of carbonyl (C=O) groups is 1. The zero-order valence-electron chi connectivity index (χ0n) is 13.9. The Morgan fingerprint density at radius 2 is 1.92 bits per heavy atom. The zero-order chi connectivity index (χ0) is 18.4. The van der Waals surface area contributed by atoms with Crippen molar-refractivity contribution in [3.05, 3.63) is 100 Å². The van der Waals surface area contributed by atoms with E-state index in [9.17, 15) is 4.79 Å². The number of Topliss-reactive ketones (excluding diaryl/α,β-unsaturated/α-hetero) is 1. The molecule has 0 aliphatic heterocycles. The minimum atomic E-state index is -0.00405. The number of ketones is 1. The SMILES string of the molecule is [C-]#[N+]c1ccc(CC(=O)c2cccc(OCc3ccc(Cl)cn3)c2)cc1. The number of nitrogens with zero attached hydrogens (tertiary/aromatic N) is 2. The number of carbonyl (C=O) groups excluding carboxylic acids is 1. The number of halogens is 1. The molecule has 0 spiro atoms. The first-order valence-corrected chi connectivity index (χ1v) is 8.35. The Hall–Kier alpha value is -3.16. The van der Waals surface area contributed by atoms with Gasteiger partial charge in [0.25, 0.3) is 0 Å². The topological polar surface area (TPSA) is 43.5 Å². The zero-order valence-corrected chi connectivity index (χ0v) is 14.6. The van der Waals surface area contributed by atoms with Crippen molar-refractivity contribution in [2.24, 2.45) is 0 Å². The summed E-state index contributed by atoms with van der Waals surface area (Å²) in [6, 6.07) is 17.7. The molecule has 2 aromatic carbocycles. The summed E-state index contributed by atoms with van der Waals surface area (Å²) >= 11 is 5.81. The molecular formula is C21H15ClN2O2. The molecule has 0 unspecified atom stereocenters. The van der Waals surface area contributed by atoms with Crippen LogP contribution in [0.25, 0.3) is 4.85 Å². The van der Waals surface area contributed by atoms with E-state index in [0.29, 0.717) is 28.6 Å². The fourth-order valence-corrected chi connectivity index (χ4v) is 2.50. The van der Waals surface area contributed by atoms with Gasteiger partial charge < -0.3 is 4.74 Å². The summed E-state index contributed by atoms with van der Waals surface area (Å²) in [5, 5.41) is 0.575. The van der Waals surface area contributed by atoms with E-state index in [0.717, 1.165) is 11.3 Å². The van der Waals surface area contributed by atoms with E-state index in [4.69, 9.17) is 22.9 Å². The molecule has 0 amide bonds. The maximum atomic E-state index is 12.5. The Bertz CT molecular complexity index is 945. The summed E-state index contributed by atoms with van der Waals surface area (Å²) in [6.45, 7) is 7.26. The predicted octanol–water partition coefficient (Wildman–Crippen LogP) is 5.29. The van der Waals surface area contributed by atoms with Crippen LogP contribution in [0.4, 0.5) is 5.69 Å². The smallest absolute Gasteiger partial charge is 0.187 e. The third-order valence-electron chi connectivity index (χ3n) is 3.76. The molecule has 3 rings (SSSR count). The highest BCUT2D eigenvalue weighted by Crippen LogP contribution is 2.18. The summed E-state index contributed by atoms with van der Waals surface area (Å²) in [6.07, 6.45) is 1.85. The number of rotatable bonds is 6. The fraction of sp³-hybridized carbons (Fsp3) is 0.0952. The summed E-state index contributed by atoms with van der Waals surface area (Å²) in [4.78, 5) is 20.0. The van der Waals surface area contributed by atoms with Crippen molar-refractivity contribution in [3.8, 4) is 5.75 Å². The quantitative estimate of drug-likeness (QED) is 0.442. The molecule has 4 nitrogen and oxygen atoms in total. The van der Waals surface area contributed by atoms with E-state index < -0.39 is 0 Å². The lowest BCUT2D eigenvalue weighted by molar-refractivity contribution is 0.0992. The first-order chi connectivity index (χ1) is 12.6. The average molecular weight is 363 g/mol. The van der Waals surface area contributed by atoms with Gasteiger partial charge in [-0.25, -0.2) is 4.85 Å². The second-order valence-electron chi connectivity index (χ2n) is 5.66. The van der Waals surface area contributed by atoms with E-state index in [1.807, 2.05) is 0 Å². The van der Waals surface area contributed by atoms with E-state index in [1.54, 1.807) is 66.9 Å². The third-order valence-corrected chi connectivity index (χ3v) is 3.99. The third kappa shape index (κ3) is 4.69.